The average molecular weight is 431 g/mol. The Morgan fingerprint density at radius 3 is 2.81 bits per heavy atom. The summed E-state index contributed by atoms with van der Waals surface area (Å²) in [5.41, 5.74) is 4.18. The molecule has 1 aliphatic rings. The van der Waals surface area contributed by atoms with E-state index in [0.717, 1.165) is 53.6 Å². The number of amides is 1. The van der Waals surface area contributed by atoms with Crippen molar-refractivity contribution >= 4 is 23.6 Å². The quantitative estimate of drug-likeness (QED) is 0.413. The molecule has 3 aromatic rings. The van der Waals surface area contributed by atoms with E-state index >= 15 is 0 Å². The fourth-order valence-electron chi connectivity index (χ4n) is 4.78. The highest BCUT2D eigenvalue weighted by Gasteiger charge is 2.26. The largest absolute Gasteiger partial charge is 0.423 e. The van der Waals surface area contributed by atoms with Crippen LogP contribution in [0.3, 0.4) is 0 Å². The molecule has 0 aliphatic carbocycles. The minimum absolute atomic E-state index is 0.144. The monoisotopic (exact) mass is 430 g/mol. The summed E-state index contributed by atoms with van der Waals surface area (Å²) in [7, 11) is 0. The van der Waals surface area contributed by atoms with Gasteiger partial charge in [-0.2, -0.15) is 0 Å². The summed E-state index contributed by atoms with van der Waals surface area (Å²) < 4.78 is 5.54. The smallest absolute Gasteiger partial charge is 0.336 e. The van der Waals surface area contributed by atoms with Gasteiger partial charge < -0.3 is 14.3 Å². The third kappa shape index (κ3) is 4.67. The maximum atomic E-state index is 13.1. The molecule has 0 radical (unpaired) electrons. The van der Waals surface area contributed by atoms with Crippen molar-refractivity contribution in [2.45, 2.75) is 33.1 Å². The van der Waals surface area contributed by atoms with Gasteiger partial charge in [-0.3, -0.25) is 4.79 Å². The van der Waals surface area contributed by atoms with Gasteiger partial charge in [-0.05, 0) is 61.6 Å². The molecule has 1 amide bonds. The maximum Gasteiger partial charge on any atom is 0.336 e. The van der Waals surface area contributed by atoms with Gasteiger partial charge in [0.2, 0.25) is 5.91 Å². The van der Waals surface area contributed by atoms with Gasteiger partial charge in [0.1, 0.15) is 5.58 Å². The summed E-state index contributed by atoms with van der Waals surface area (Å²) >= 11 is 0. The van der Waals surface area contributed by atoms with E-state index in [1.807, 2.05) is 61.2 Å². The Bertz CT molecular complexity index is 1200. The number of aliphatic imine (C=N–C) groups is 1. The minimum atomic E-state index is -0.368. The molecule has 166 valence electrons. The van der Waals surface area contributed by atoms with Crippen molar-refractivity contribution in [1.29, 1.82) is 0 Å². The first-order valence-electron chi connectivity index (χ1n) is 11.3. The summed E-state index contributed by atoms with van der Waals surface area (Å²) in [4.78, 5) is 31.3. The molecular weight excluding hydrogens is 400 g/mol. The molecule has 2 aromatic carbocycles. The predicted octanol–water partition coefficient (Wildman–Crippen LogP) is 4.89. The number of hydrogen-bond donors (Lipinski definition) is 0. The lowest BCUT2D eigenvalue weighted by molar-refractivity contribution is -0.136. The van der Waals surface area contributed by atoms with Crippen LogP contribution in [0.4, 0.5) is 0 Å². The second kappa shape index (κ2) is 9.51. The third-order valence-electron chi connectivity index (χ3n) is 6.43. The van der Waals surface area contributed by atoms with Crippen molar-refractivity contribution in [1.82, 2.24) is 4.90 Å². The number of rotatable bonds is 6. The SMILES string of the molecule is C=NC[C@H]1CCCN(C(=O)C(C)Cc2ccc3c(-c4ccccc4C)cc(=O)oc3c2)C1. The van der Waals surface area contributed by atoms with Gasteiger partial charge >= 0.3 is 5.63 Å². The fourth-order valence-corrected chi connectivity index (χ4v) is 4.78. The molecule has 1 unspecified atom stereocenters. The zero-order valence-corrected chi connectivity index (χ0v) is 18.8. The first-order valence-corrected chi connectivity index (χ1v) is 11.3. The molecule has 0 spiro atoms. The summed E-state index contributed by atoms with van der Waals surface area (Å²) in [5.74, 6) is 0.440. The van der Waals surface area contributed by atoms with E-state index < -0.39 is 0 Å². The van der Waals surface area contributed by atoms with Crippen LogP contribution in [0.25, 0.3) is 22.1 Å². The molecule has 0 saturated carbocycles. The van der Waals surface area contributed by atoms with Gasteiger partial charge in [-0.15, -0.1) is 0 Å². The van der Waals surface area contributed by atoms with Crippen molar-refractivity contribution < 1.29 is 9.21 Å². The second-order valence-electron chi connectivity index (χ2n) is 8.93. The van der Waals surface area contributed by atoms with E-state index in [2.05, 4.69) is 11.7 Å². The summed E-state index contributed by atoms with van der Waals surface area (Å²) in [6.07, 6.45) is 2.72. The van der Waals surface area contributed by atoms with Gasteiger partial charge in [-0.25, -0.2) is 4.79 Å². The minimum Gasteiger partial charge on any atom is -0.423 e. The molecule has 2 heterocycles. The lowest BCUT2D eigenvalue weighted by atomic mass is 9.93. The Morgan fingerprint density at radius 2 is 2.03 bits per heavy atom. The molecule has 5 nitrogen and oxygen atoms in total. The van der Waals surface area contributed by atoms with Crippen LogP contribution >= 0.6 is 0 Å². The summed E-state index contributed by atoms with van der Waals surface area (Å²) in [6, 6.07) is 15.5. The summed E-state index contributed by atoms with van der Waals surface area (Å²) in [6.45, 7) is 9.88. The Labute approximate surface area is 188 Å². The number of benzene rings is 2. The first-order chi connectivity index (χ1) is 15.5. The predicted molar refractivity (Wildman–Crippen MR) is 129 cm³/mol. The summed E-state index contributed by atoms with van der Waals surface area (Å²) in [5, 5.41) is 0.900. The van der Waals surface area contributed by atoms with Gasteiger partial charge in [0.05, 0.1) is 0 Å². The van der Waals surface area contributed by atoms with Crippen LogP contribution < -0.4 is 5.63 Å². The number of nitrogens with zero attached hydrogens (tertiary/aromatic N) is 2. The molecule has 32 heavy (non-hydrogen) atoms. The molecule has 0 N–H and O–H groups in total. The number of piperidine rings is 1. The topological polar surface area (TPSA) is 62.9 Å². The van der Waals surface area contributed by atoms with E-state index in [-0.39, 0.29) is 17.5 Å². The molecular formula is C27H30N2O3. The number of carbonyl (C=O) groups excluding carboxylic acids is 1. The standard InChI is InChI=1S/C27H30N2O3/c1-18-7-4-5-9-22(18)24-15-26(30)32-25-14-20(10-11-23(24)25)13-19(2)27(31)29-12-6-8-21(17-29)16-28-3/h4-5,7,9-11,14-15,19,21H,3,6,8,12-13,16-17H2,1-2H3/t19?,21-/m1/s1. The molecule has 1 fully saturated rings. The fraction of sp³-hybridized carbons (Fsp3) is 0.370. The van der Waals surface area contributed by atoms with E-state index in [4.69, 9.17) is 4.42 Å². The second-order valence-corrected chi connectivity index (χ2v) is 8.93. The Hall–Kier alpha value is -3.21. The highest BCUT2D eigenvalue weighted by atomic mass is 16.4. The van der Waals surface area contributed by atoms with Crippen LogP contribution in [0.15, 0.2) is 62.7 Å². The average Bonchev–Trinajstić information content (AvgIpc) is 2.78. The molecule has 1 aromatic heterocycles. The molecule has 2 atom stereocenters. The third-order valence-corrected chi connectivity index (χ3v) is 6.43. The molecule has 1 saturated heterocycles. The number of carbonyl (C=O) groups is 1. The molecule has 5 heteroatoms. The Morgan fingerprint density at radius 1 is 1.22 bits per heavy atom. The van der Waals surface area contributed by atoms with E-state index in [9.17, 15) is 9.59 Å². The van der Waals surface area contributed by atoms with E-state index in [1.54, 1.807) is 6.07 Å². The Balaban J connectivity index is 1.57. The van der Waals surface area contributed by atoms with Gasteiger partial charge in [-0.1, -0.05) is 43.3 Å². The maximum absolute atomic E-state index is 13.1. The van der Waals surface area contributed by atoms with Crippen molar-refractivity contribution in [2.75, 3.05) is 19.6 Å². The van der Waals surface area contributed by atoms with Crippen LogP contribution in [0.2, 0.25) is 0 Å². The first kappa shape index (κ1) is 22.0. The van der Waals surface area contributed by atoms with Crippen LogP contribution in [-0.4, -0.2) is 37.2 Å². The van der Waals surface area contributed by atoms with Crippen molar-refractivity contribution in [3.63, 3.8) is 0 Å². The Kier molecular flexibility index (Phi) is 6.54. The highest BCUT2D eigenvalue weighted by Crippen LogP contribution is 2.30. The number of fused-ring (bicyclic) bond motifs is 1. The van der Waals surface area contributed by atoms with Crippen LogP contribution in [0.1, 0.15) is 30.9 Å². The van der Waals surface area contributed by atoms with Crippen molar-refractivity contribution in [3.8, 4) is 11.1 Å². The lowest BCUT2D eigenvalue weighted by Gasteiger charge is -2.33. The van der Waals surface area contributed by atoms with Crippen molar-refractivity contribution in [3.05, 3.63) is 70.1 Å². The van der Waals surface area contributed by atoms with E-state index in [1.165, 1.54) is 0 Å². The van der Waals surface area contributed by atoms with Gasteiger partial charge in [0, 0.05) is 42.6 Å². The zero-order valence-electron chi connectivity index (χ0n) is 18.8. The van der Waals surface area contributed by atoms with Gasteiger partial charge in [0.25, 0.3) is 0 Å². The molecule has 4 rings (SSSR count). The molecule has 0 bridgehead atoms. The lowest BCUT2D eigenvalue weighted by Crippen LogP contribution is -2.43. The van der Waals surface area contributed by atoms with Crippen LogP contribution in [0, 0.1) is 18.8 Å². The number of likely N-dealkylation sites (tertiary alicyclic amines) is 1. The van der Waals surface area contributed by atoms with Gasteiger partial charge in [0.15, 0.2) is 0 Å². The normalized spacial score (nSPS) is 17.3. The number of hydrogen-bond acceptors (Lipinski definition) is 4. The van der Waals surface area contributed by atoms with Crippen LogP contribution in [-0.2, 0) is 11.2 Å². The molecule has 1 aliphatic heterocycles. The van der Waals surface area contributed by atoms with Crippen LogP contribution in [0.5, 0.6) is 0 Å². The van der Waals surface area contributed by atoms with E-state index in [0.29, 0.717) is 24.5 Å². The van der Waals surface area contributed by atoms with Crippen molar-refractivity contribution in [2.24, 2.45) is 16.8 Å². The zero-order chi connectivity index (χ0) is 22.7. The highest BCUT2D eigenvalue weighted by molar-refractivity contribution is 5.94. The number of aryl methyl sites for hydroxylation is 1.